The Labute approximate surface area is 170 Å². The summed E-state index contributed by atoms with van der Waals surface area (Å²) in [6.45, 7) is 9.31. The van der Waals surface area contributed by atoms with Crippen molar-refractivity contribution in [2.75, 3.05) is 33.4 Å². The van der Waals surface area contributed by atoms with Crippen molar-refractivity contribution in [2.45, 2.75) is 46.1 Å². The van der Waals surface area contributed by atoms with Crippen LogP contribution in [0, 0.1) is 11.3 Å². The van der Waals surface area contributed by atoms with E-state index in [2.05, 4.69) is 24.5 Å². The average Bonchev–Trinajstić information content (AvgIpc) is 2.63. The lowest BCUT2D eigenvalue weighted by Crippen LogP contribution is -2.50. The lowest BCUT2D eigenvalue weighted by atomic mass is 9.78. The maximum absolute atomic E-state index is 12.9. The predicted octanol–water partition coefficient (Wildman–Crippen LogP) is 3.73. The summed E-state index contributed by atoms with van der Waals surface area (Å²) in [4.78, 5) is 12.9. The Bertz CT molecular complexity index is 552. The van der Waals surface area contributed by atoms with E-state index in [-0.39, 0.29) is 24.4 Å². The van der Waals surface area contributed by atoms with Crippen LogP contribution in [-0.2, 0) is 9.53 Å². The molecule has 5 nitrogen and oxygen atoms in total. The van der Waals surface area contributed by atoms with Crippen LogP contribution < -0.4 is 15.4 Å². The van der Waals surface area contributed by atoms with E-state index in [0.29, 0.717) is 12.5 Å². The largest absolute Gasteiger partial charge is 0.494 e. The van der Waals surface area contributed by atoms with Crippen LogP contribution in [0.2, 0.25) is 0 Å². The van der Waals surface area contributed by atoms with Gasteiger partial charge in [-0.25, -0.2) is 0 Å². The molecule has 1 heterocycles. The molecule has 1 aliphatic heterocycles. The van der Waals surface area contributed by atoms with Crippen LogP contribution in [0.15, 0.2) is 24.3 Å². The minimum Gasteiger partial charge on any atom is -0.494 e. The summed E-state index contributed by atoms with van der Waals surface area (Å²) in [6.07, 6.45) is 2.66. The molecule has 0 bridgehead atoms. The van der Waals surface area contributed by atoms with E-state index >= 15 is 0 Å². The number of benzene rings is 1. The standard InChI is InChI=1S/C21H34N2O3.ClH/c1-16(2)9-14-26-19-7-5-18(6-8-19)17(3)23-20(24)21(15-25-4)10-12-22-13-11-21;/h5-8,16-17,22H,9-15H2,1-4H3,(H,23,24);1H. The van der Waals surface area contributed by atoms with Crippen LogP contribution >= 0.6 is 12.4 Å². The SMILES string of the molecule is COCC1(C(=O)NC(C)c2ccc(OCCC(C)C)cc2)CCNCC1.Cl. The third-order valence-corrected chi connectivity index (χ3v) is 5.15. The lowest BCUT2D eigenvalue weighted by Gasteiger charge is -2.36. The van der Waals surface area contributed by atoms with Gasteiger partial charge in [-0.2, -0.15) is 0 Å². The molecule has 1 fully saturated rings. The minimum absolute atomic E-state index is 0. The molecule has 6 heteroatoms. The Morgan fingerprint density at radius 2 is 1.81 bits per heavy atom. The molecule has 154 valence electrons. The molecule has 1 aromatic rings. The second-order valence-corrected chi connectivity index (χ2v) is 7.76. The highest BCUT2D eigenvalue weighted by Crippen LogP contribution is 2.30. The number of halogens is 1. The van der Waals surface area contributed by atoms with E-state index in [0.717, 1.165) is 50.3 Å². The van der Waals surface area contributed by atoms with Gasteiger partial charge in [0.2, 0.25) is 5.91 Å². The van der Waals surface area contributed by atoms with Crippen molar-refractivity contribution in [3.8, 4) is 5.75 Å². The van der Waals surface area contributed by atoms with Gasteiger partial charge in [-0.1, -0.05) is 26.0 Å². The molecule has 2 N–H and O–H groups in total. The zero-order valence-corrected chi connectivity index (χ0v) is 17.9. The Balaban J connectivity index is 0.00000364. The Morgan fingerprint density at radius 3 is 2.37 bits per heavy atom. The molecule has 1 atom stereocenters. The predicted molar refractivity (Wildman–Crippen MR) is 112 cm³/mol. The van der Waals surface area contributed by atoms with Crippen molar-refractivity contribution in [2.24, 2.45) is 11.3 Å². The molecule has 0 aromatic heterocycles. The zero-order valence-electron chi connectivity index (χ0n) is 17.0. The quantitative estimate of drug-likeness (QED) is 0.665. The number of methoxy groups -OCH3 is 1. The number of amides is 1. The van der Waals surface area contributed by atoms with Gasteiger partial charge < -0.3 is 20.1 Å². The number of hydrogen-bond acceptors (Lipinski definition) is 4. The Kier molecular flexibility index (Phi) is 10.1. The van der Waals surface area contributed by atoms with Crippen molar-refractivity contribution in [3.05, 3.63) is 29.8 Å². The van der Waals surface area contributed by atoms with Gasteiger partial charge in [-0.05, 0) is 62.9 Å². The fourth-order valence-corrected chi connectivity index (χ4v) is 3.32. The fraction of sp³-hybridized carbons (Fsp3) is 0.667. The number of nitrogens with one attached hydrogen (secondary N) is 2. The molecule has 0 aliphatic carbocycles. The summed E-state index contributed by atoms with van der Waals surface area (Å²) in [5.74, 6) is 1.60. The molecule has 0 saturated carbocycles. The summed E-state index contributed by atoms with van der Waals surface area (Å²) in [6, 6.07) is 7.97. The van der Waals surface area contributed by atoms with Crippen molar-refractivity contribution in [1.82, 2.24) is 10.6 Å². The van der Waals surface area contributed by atoms with Gasteiger partial charge in [-0.3, -0.25) is 4.79 Å². The van der Waals surface area contributed by atoms with Crippen LogP contribution in [0.5, 0.6) is 5.75 Å². The molecule has 1 saturated heterocycles. The number of carbonyl (C=O) groups excluding carboxylic acids is 1. The number of ether oxygens (including phenoxy) is 2. The first kappa shape index (κ1) is 23.7. The lowest BCUT2D eigenvalue weighted by molar-refractivity contribution is -0.136. The summed E-state index contributed by atoms with van der Waals surface area (Å²) >= 11 is 0. The molecule has 27 heavy (non-hydrogen) atoms. The second-order valence-electron chi connectivity index (χ2n) is 7.76. The van der Waals surface area contributed by atoms with E-state index in [4.69, 9.17) is 9.47 Å². The van der Waals surface area contributed by atoms with Crippen LogP contribution in [-0.4, -0.2) is 39.3 Å². The van der Waals surface area contributed by atoms with Crippen molar-refractivity contribution in [1.29, 1.82) is 0 Å². The van der Waals surface area contributed by atoms with Gasteiger partial charge in [0.25, 0.3) is 0 Å². The van der Waals surface area contributed by atoms with Gasteiger partial charge in [-0.15, -0.1) is 12.4 Å². The molecule has 2 rings (SSSR count). The third-order valence-electron chi connectivity index (χ3n) is 5.15. The highest BCUT2D eigenvalue weighted by Gasteiger charge is 2.40. The number of rotatable bonds is 9. The third kappa shape index (κ3) is 6.98. The molecule has 1 unspecified atom stereocenters. The van der Waals surface area contributed by atoms with Gasteiger partial charge >= 0.3 is 0 Å². The van der Waals surface area contributed by atoms with Crippen molar-refractivity contribution < 1.29 is 14.3 Å². The second kappa shape index (κ2) is 11.5. The van der Waals surface area contributed by atoms with Gasteiger partial charge in [0.05, 0.1) is 24.7 Å². The molecule has 1 amide bonds. The molecular weight excluding hydrogens is 364 g/mol. The fourth-order valence-electron chi connectivity index (χ4n) is 3.32. The van der Waals surface area contributed by atoms with E-state index in [9.17, 15) is 4.79 Å². The van der Waals surface area contributed by atoms with Gasteiger partial charge in [0.15, 0.2) is 0 Å². The van der Waals surface area contributed by atoms with E-state index in [1.165, 1.54) is 0 Å². The van der Waals surface area contributed by atoms with E-state index in [1.807, 2.05) is 31.2 Å². The molecular formula is C21H35ClN2O3. The topological polar surface area (TPSA) is 59.6 Å². The van der Waals surface area contributed by atoms with Gasteiger partial charge in [0.1, 0.15) is 5.75 Å². The van der Waals surface area contributed by atoms with Crippen LogP contribution in [0.4, 0.5) is 0 Å². The number of carbonyl (C=O) groups is 1. The molecule has 1 aliphatic rings. The van der Waals surface area contributed by atoms with Crippen LogP contribution in [0.25, 0.3) is 0 Å². The highest BCUT2D eigenvalue weighted by molar-refractivity contribution is 5.85. The summed E-state index contributed by atoms with van der Waals surface area (Å²) in [5, 5.41) is 6.50. The highest BCUT2D eigenvalue weighted by atomic mass is 35.5. The Morgan fingerprint density at radius 1 is 1.19 bits per heavy atom. The smallest absolute Gasteiger partial charge is 0.229 e. The molecule has 0 radical (unpaired) electrons. The first-order valence-corrected chi connectivity index (χ1v) is 9.70. The van der Waals surface area contributed by atoms with Crippen LogP contribution in [0.1, 0.15) is 51.6 Å². The number of hydrogen-bond donors (Lipinski definition) is 2. The van der Waals surface area contributed by atoms with Crippen molar-refractivity contribution >= 4 is 18.3 Å². The normalized spacial score (nSPS) is 17.1. The molecule has 1 aromatic carbocycles. The summed E-state index contributed by atoms with van der Waals surface area (Å²) in [5.41, 5.74) is 0.657. The van der Waals surface area contributed by atoms with E-state index in [1.54, 1.807) is 7.11 Å². The first-order valence-electron chi connectivity index (χ1n) is 9.70. The number of piperidine rings is 1. The zero-order chi connectivity index (χ0) is 19.0. The van der Waals surface area contributed by atoms with Crippen molar-refractivity contribution in [3.63, 3.8) is 0 Å². The summed E-state index contributed by atoms with van der Waals surface area (Å²) < 4.78 is 11.1. The van der Waals surface area contributed by atoms with E-state index < -0.39 is 5.41 Å². The van der Waals surface area contributed by atoms with Gasteiger partial charge in [0, 0.05) is 7.11 Å². The first-order chi connectivity index (χ1) is 12.5. The monoisotopic (exact) mass is 398 g/mol. The molecule has 0 spiro atoms. The maximum atomic E-state index is 12.9. The average molecular weight is 399 g/mol. The minimum atomic E-state index is -0.422. The van der Waals surface area contributed by atoms with Crippen LogP contribution in [0.3, 0.4) is 0 Å². The summed E-state index contributed by atoms with van der Waals surface area (Å²) in [7, 11) is 1.67. The Hall–Kier alpha value is -1.30. The maximum Gasteiger partial charge on any atom is 0.229 e.